The lowest BCUT2D eigenvalue weighted by Gasteiger charge is -2.18. The van der Waals surface area contributed by atoms with Crippen molar-refractivity contribution in [2.75, 3.05) is 6.54 Å². The van der Waals surface area contributed by atoms with E-state index >= 15 is 0 Å². The van der Waals surface area contributed by atoms with Gasteiger partial charge >= 0.3 is 0 Å². The molecular formula is C6H12N4O. The second-order valence-corrected chi connectivity index (χ2v) is 2.72. The van der Waals surface area contributed by atoms with Gasteiger partial charge in [0, 0.05) is 6.54 Å². The van der Waals surface area contributed by atoms with Crippen LogP contribution in [-0.4, -0.2) is 35.3 Å². The third-order valence-electron chi connectivity index (χ3n) is 1.95. The smallest absolute Gasteiger partial charge is 0.189 e. The average molecular weight is 156 g/mol. The van der Waals surface area contributed by atoms with E-state index in [0.717, 1.165) is 0 Å². The van der Waals surface area contributed by atoms with Crippen molar-refractivity contribution < 1.29 is 4.79 Å². The summed E-state index contributed by atoms with van der Waals surface area (Å²) >= 11 is 0. The Morgan fingerprint density at radius 1 is 1.82 bits per heavy atom. The molecule has 1 fully saturated rings. The fourth-order valence-corrected chi connectivity index (χ4v) is 1.23. The number of guanidine groups is 1. The van der Waals surface area contributed by atoms with Crippen molar-refractivity contribution in [3.05, 3.63) is 0 Å². The summed E-state index contributed by atoms with van der Waals surface area (Å²) in [5.41, 5.74) is 10.7. The van der Waals surface area contributed by atoms with E-state index in [9.17, 15) is 4.79 Å². The summed E-state index contributed by atoms with van der Waals surface area (Å²) in [5, 5.41) is 7.10. The van der Waals surface area contributed by atoms with Gasteiger partial charge in [-0.05, 0) is 6.92 Å². The molecule has 5 heteroatoms. The number of hydrogen-bond donors (Lipinski definition) is 3. The Morgan fingerprint density at radius 3 is 2.55 bits per heavy atom. The largest absolute Gasteiger partial charge is 0.370 e. The van der Waals surface area contributed by atoms with Crippen LogP contribution in [0, 0.1) is 5.41 Å². The van der Waals surface area contributed by atoms with Gasteiger partial charge in [-0.25, -0.2) is 0 Å². The number of ketones is 1. The van der Waals surface area contributed by atoms with Crippen molar-refractivity contribution in [3.8, 4) is 0 Å². The summed E-state index contributed by atoms with van der Waals surface area (Å²) in [6.45, 7) is 2.08. The molecule has 1 rings (SSSR count). The highest BCUT2D eigenvalue weighted by molar-refractivity contribution is 5.95. The Bertz CT molecular complexity index is 203. The Morgan fingerprint density at radius 2 is 2.36 bits per heavy atom. The first-order chi connectivity index (χ1) is 5.04. The molecule has 0 bridgehead atoms. The number of Topliss-reactive ketones (excluding diaryl/α,β-unsaturated/α-hetero) is 1. The molecule has 0 amide bonds. The lowest BCUT2D eigenvalue weighted by Crippen LogP contribution is -2.40. The molecule has 1 saturated heterocycles. The predicted molar refractivity (Wildman–Crippen MR) is 41.1 cm³/mol. The van der Waals surface area contributed by atoms with Gasteiger partial charge in [0.05, 0.1) is 12.1 Å². The van der Waals surface area contributed by atoms with E-state index in [4.69, 9.17) is 16.9 Å². The summed E-state index contributed by atoms with van der Waals surface area (Å²) in [4.78, 5) is 12.6. The van der Waals surface area contributed by atoms with E-state index in [-0.39, 0.29) is 17.8 Å². The molecular weight excluding hydrogens is 144 g/mol. The van der Waals surface area contributed by atoms with Gasteiger partial charge in [0.15, 0.2) is 11.7 Å². The average Bonchev–Trinajstić information content (AvgIpc) is 2.17. The van der Waals surface area contributed by atoms with E-state index in [1.165, 1.54) is 4.90 Å². The van der Waals surface area contributed by atoms with Crippen LogP contribution in [0.2, 0.25) is 0 Å². The Balaban J connectivity index is 2.75. The van der Waals surface area contributed by atoms with Crippen LogP contribution < -0.4 is 11.5 Å². The van der Waals surface area contributed by atoms with Crippen LogP contribution in [0.1, 0.15) is 6.92 Å². The topological polar surface area (TPSA) is 96.2 Å². The maximum atomic E-state index is 11.1. The molecule has 0 aromatic rings. The highest BCUT2D eigenvalue weighted by atomic mass is 16.1. The first kappa shape index (κ1) is 8.00. The first-order valence-electron chi connectivity index (χ1n) is 3.44. The number of nitrogens with one attached hydrogen (secondary N) is 1. The molecule has 2 atom stereocenters. The number of rotatable bonds is 0. The fourth-order valence-electron chi connectivity index (χ4n) is 1.23. The molecule has 11 heavy (non-hydrogen) atoms. The van der Waals surface area contributed by atoms with Crippen molar-refractivity contribution in [2.45, 2.75) is 19.0 Å². The molecule has 1 aliphatic rings. The zero-order chi connectivity index (χ0) is 8.59. The molecule has 0 radical (unpaired) electrons. The number of nitrogens with two attached hydrogens (primary N) is 2. The van der Waals surface area contributed by atoms with E-state index < -0.39 is 6.04 Å². The van der Waals surface area contributed by atoms with Gasteiger partial charge in [0.1, 0.15) is 0 Å². The van der Waals surface area contributed by atoms with Crippen LogP contribution in [0.25, 0.3) is 0 Å². The van der Waals surface area contributed by atoms with Gasteiger partial charge in [-0.1, -0.05) is 0 Å². The number of hydrogen-bond acceptors (Lipinski definition) is 3. The minimum Gasteiger partial charge on any atom is -0.370 e. The minimum absolute atomic E-state index is 0.0415. The Kier molecular flexibility index (Phi) is 1.82. The second-order valence-electron chi connectivity index (χ2n) is 2.72. The summed E-state index contributed by atoms with van der Waals surface area (Å²) in [6, 6.07) is -0.809. The molecule has 0 spiro atoms. The van der Waals surface area contributed by atoms with Gasteiger partial charge in [0.2, 0.25) is 0 Å². The Hall–Kier alpha value is -1.10. The molecule has 1 aliphatic heterocycles. The zero-order valence-corrected chi connectivity index (χ0v) is 6.37. The van der Waals surface area contributed by atoms with Gasteiger partial charge in [0.25, 0.3) is 0 Å². The summed E-state index contributed by atoms with van der Waals surface area (Å²) in [5.74, 6) is -0.126. The molecule has 1 heterocycles. The second kappa shape index (κ2) is 2.50. The van der Waals surface area contributed by atoms with Crippen LogP contribution in [-0.2, 0) is 4.79 Å². The SMILES string of the molecule is CC1C(=O)C(N)CN1C(=N)N. The lowest BCUT2D eigenvalue weighted by molar-refractivity contribution is -0.119. The quantitative estimate of drug-likeness (QED) is 0.293. The van der Waals surface area contributed by atoms with E-state index in [1.807, 2.05) is 0 Å². The summed E-state index contributed by atoms with van der Waals surface area (Å²) in [6.07, 6.45) is 0. The molecule has 62 valence electrons. The van der Waals surface area contributed by atoms with Crippen LogP contribution in [0.15, 0.2) is 0 Å². The molecule has 0 aliphatic carbocycles. The van der Waals surface area contributed by atoms with Crippen LogP contribution in [0.5, 0.6) is 0 Å². The molecule has 2 unspecified atom stereocenters. The van der Waals surface area contributed by atoms with Crippen molar-refractivity contribution in [2.24, 2.45) is 11.5 Å². The van der Waals surface area contributed by atoms with Crippen molar-refractivity contribution in [3.63, 3.8) is 0 Å². The van der Waals surface area contributed by atoms with Crippen LogP contribution >= 0.6 is 0 Å². The third kappa shape index (κ3) is 1.19. The first-order valence-corrected chi connectivity index (χ1v) is 3.44. The summed E-state index contributed by atoms with van der Waals surface area (Å²) < 4.78 is 0. The number of likely N-dealkylation sites (tertiary alicyclic amines) is 1. The lowest BCUT2D eigenvalue weighted by atomic mass is 10.2. The highest BCUT2D eigenvalue weighted by Gasteiger charge is 2.35. The Labute approximate surface area is 64.8 Å². The fraction of sp³-hybridized carbons (Fsp3) is 0.667. The normalized spacial score (nSPS) is 31.1. The number of carbonyl (C=O) groups is 1. The van der Waals surface area contributed by atoms with Crippen molar-refractivity contribution in [1.29, 1.82) is 5.41 Å². The predicted octanol–water partition coefficient (Wildman–Crippen LogP) is -1.52. The zero-order valence-electron chi connectivity index (χ0n) is 6.37. The molecule has 5 N–H and O–H groups in total. The van der Waals surface area contributed by atoms with Gasteiger partial charge in [-0.15, -0.1) is 0 Å². The third-order valence-corrected chi connectivity index (χ3v) is 1.95. The van der Waals surface area contributed by atoms with Gasteiger partial charge in [-0.2, -0.15) is 0 Å². The summed E-state index contributed by atoms with van der Waals surface area (Å²) in [7, 11) is 0. The van der Waals surface area contributed by atoms with E-state index in [1.54, 1.807) is 6.92 Å². The minimum atomic E-state index is -0.478. The monoisotopic (exact) mass is 156 g/mol. The van der Waals surface area contributed by atoms with Crippen molar-refractivity contribution >= 4 is 11.7 Å². The van der Waals surface area contributed by atoms with Gasteiger partial charge < -0.3 is 16.4 Å². The van der Waals surface area contributed by atoms with Crippen LogP contribution in [0.3, 0.4) is 0 Å². The number of nitrogens with zero attached hydrogens (tertiary/aromatic N) is 1. The molecule has 0 aromatic heterocycles. The maximum Gasteiger partial charge on any atom is 0.189 e. The maximum absolute atomic E-state index is 11.1. The van der Waals surface area contributed by atoms with Crippen LogP contribution in [0.4, 0.5) is 0 Å². The molecule has 5 nitrogen and oxygen atoms in total. The molecule has 0 saturated carbocycles. The number of carbonyl (C=O) groups excluding carboxylic acids is 1. The molecule has 0 aromatic carbocycles. The van der Waals surface area contributed by atoms with Crippen molar-refractivity contribution in [1.82, 2.24) is 4.90 Å². The highest BCUT2D eigenvalue weighted by Crippen LogP contribution is 2.10. The van der Waals surface area contributed by atoms with E-state index in [0.29, 0.717) is 6.54 Å². The van der Waals surface area contributed by atoms with Gasteiger partial charge in [-0.3, -0.25) is 10.2 Å². The van der Waals surface area contributed by atoms with E-state index in [2.05, 4.69) is 0 Å². The standard InChI is InChI=1S/C6H12N4O/c1-3-5(11)4(7)2-10(3)6(8)9/h3-4H,2,7H2,1H3,(H3,8,9).